The van der Waals surface area contributed by atoms with E-state index in [2.05, 4.69) is 5.32 Å². The zero-order valence-corrected chi connectivity index (χ0v) is 12.7. The van der Waals surface area contributed by atoms with E-state index in [0.29, 0.717) is 17.8 Å². The number of para-hydroxylation sites is 2. The summed E-state index contributed by atoms with van der Waals surface area (Å²) in [6, 6.07) is 7.05. The molecule has 1 aliphatic heterocycles. The van der Waals surface area contributed by atoms with Crippen LogP contribution in [0.25, 0.3) is 0 Å². The normalized spacial score (nSPS) is 19.7. The van der Waals surface area contributed by atoms with E-state index >= 15 is 0 Å². The lowest BCUT2D eigenvalue weighted by atomic mass is 9.95. The lowest BCUT2D eigenvalue weighted by molar-refractivity contribution is -0.152. The molecular formula is C17H18N2O4. The minimum absolute atomic E-state index is 0.0699. The van der Waals surface area contributed by atoms with Crippen LogP contribution in [-0.2, 0) is 19.1 Å². The zero-order chi connectivity index (χ0) is 16.2. The molecule has 120 valence electrons. The fourth-order valence-corrected chi connectivity index (χ4v) is 2.79. The molecule has 1 heterocycles. The number of fused-ring (bicyclic) bond motifs is 1. The molecule has 0 fully saturated rings. The highest BCUT2D eigenvalue weighted by atomic mass is 16.5. The second-order valence-electron chi connectivity index (χ2n) is 5.63. The zero-order valence-electron chi connectivity index (χ0n) is 12.7. The van der Waals surface area contributed by atoms with E-state index in [4.69, 9.17) is 4.74 Å². The molecule has 0 unspecified atom stereocenters. The molecule has 6 nitrogen and oxygen atoms in total. The van der Waals surface area contributed by atoms with Crippen molar-refractivity contribution in [3.8, 4) is 0 Å². The van der Waals surface area contributed by atoms with E-state index < -0.39 is 5.91 Å². The van der Waals surface area contributed by atoms with Gasteiger partial charge in [0.2, 0.25) is 5.91 Å². The number of nitrogens with one attached hydrogen (secondary N) is 1. The summed E-state index contributed by atoms with van der Waals surface area (Å²) in [5.41, 5.74) is 1.20. The lowest BCUT2D eigenvalue weighted by Crippen LogP contribution is -2.44. The van der Waals surface area contributed by atoms with Gasteiger partial charge in [-0.2, -0.15) is 0 Å². The van der Waals surface area contributed by atoms with Gasteiger partial charge >= 0.3 is 5.97 Å². The molecule has 1 aromatic carbocycles. The molecule has 1 atom stereocenters. The molecule has 1 aromatic rings. The first-order valence-electron chi connectivity index (χ1n) is 7.66. The van der Waals surface area contributed by atoms with Crippen LogP contribution in [0.3, 0.4) is 0 Å². The molecule has 2 aliphatic rings. The third-order valence-electron chi connectivity index (χ3n) is 4.01. The predicted molar refractivity (Wildman–Crippen MR) is 84.9 cm³/mol. The Balaban J connectivity index is 1.63. The molecule has 1 N–H and O–H groups in total. The highest BCUT2D eigenvalue weighted by Gasteiger charge is 2.28. The van der Waals surface area contributed by atoms with Crippen molar-refractivity contribution in [2.75, 3.05) is 23.4 Å². The van der Waals surface area contributed by atoms with Crippen molar-refractivity contribution in [2.24, 2.45) is 5.92 Å². The van der Waals surface area contributed by atoms with Gasteiger partial charge in [-0.1, -0.05) is 24.3 Å². The summed E-state index contributed by atoms with van der Waals surface area (Å²) < 4.78 is 5.15. The molecule has 23 heavy (non-hydrogen) atoms. The number of carbonyl (C=O) groups excluding carboxylic acids is 3. The topological polar surface area (TPSA) is 75.7 Å². The maximum absolute atomic E-state index is 12.3. The molecule has 0 saturated heterocycles. The molecule has 0 bridgehead atoms. The van der Waals surface area contributed by atoms with Crippen LogP contribution in [0.2, 0.25) is 0 Å². The quantitative estimate of drug-likeness (QED) is 0.682. The van der Waals surface area contributed by atoms with Crippen LogP contribution in [0.4, 0.5) is 11.4 Å². The van der Waals surface area contributed by atoms with Crippen molar-refractivity contribution in [1.82, 2.24) is 0 Å². The smallest absolute Gasteiger partial charge is 0.309 e. The highest BCUT2D eigenvalue weighted by Crippen LogP contribution is 2.29. The Morgan fingerprint density at radius 3 is 2.87 bits per heavy atom. The Kier molecular flexibility index (Phi) is 4.41. The maximum Gasteiger partial charge on any atom is 0.309 e. The number of carbonyl (C=O) groups is 3. The summed E-state index contributed by atoms with van der Waals surface area (Å²) in [6.45, 7) is -0.416. The van der Waals surface area contributed by atoms with Gasteiger partial charge in [-0.25, -0.2) is 0 Å². The predicted octanol–water partition coefficient (Wildman–Crippen LogP) is 1.87. The van der Waals surface area contributed by atoms with Crippen molar-refractivity contribution in [3.63, 3.8) is 0 Å². The fourth-order valence-electron chi connectivity index (χ4n) is 2.79. The number of hydrogen-bond donors (Lipinski definition) is 1. The van der Waals surface area contributed by atoms with Crippen LogP contribution in [0, 0.1) is 5.92 Å². The van der Waals surface area contributed by atoms with Gasteiger partial charge in [-0.3, -0.25) is 19.3 Å². The number of benzene rings is 1. The minimum Gasteiger partial charge on any atom is -0.455 e. The number of anilines is 2. The van der Waals surface area contributed by atoms with E-state index in [1.165, 1.54) is 4.90 Å². The molecule has 0 radical (unpaired) electrons. The average Bonchev–Trinajstić information content (AvgIpc) is 2.59. The summed E-state index contributed by atoms with van der Waals surface area (Å²) >= 11 is 0. The van der Waals surface area contributed by atoms with Gasteiger partial charge in [0, 0.05) is 0 Å². The monoisotopic (exact) mass is 314 g/mol. The number of nitrogens with zero attached hydrogens (tertiary/aromatic N) is 1. The summed E-state index contributed by atoms with van der Waals surface area (Å²) in [5.74, 6) is -1.19. The summed E-state index contributed by atoms with van der Waals surface area (Å²) in [7, 11) is 0. The Bertz CT molecular complexity index is 668. The second kappa shape index (κ2) is 6.64. The van der Waals surface area contributed by atoms with Crippen LogP contribution in [0.5, 0.6) is 0 Å². The van der Waals surface area contributed by atoms with Gasteiger partial charge in [0.25, 0.3) is 5.91 Å². The van der Waals surface area contributed by atoms with E-state index in [0.717, 1.165) is 12.8 Å². The molecule has 6 heteroatoms. The fraction of sp³-hybridized carbons (Fsp3) is 0.353. The first-order valence-corrected chi connectivity index (χ1v) is 7.66. The molecule has 0 spiro atoms. The Morgan fingerprint density at radius 1 is 1.26 bits per heavy atom. The van der Waals surface area contributed by atoms with Crippen molar-refractivity contribution >= 4 is 29.2 Å². The van der Waals surface area contributed by atoms with Crippen LogP contribution < -0.4 is 10.2 Å². The number of allylic oxidation sites excluding steroid dienone is 2. The lowest BCUT2D eigenvalue weighted by Gasteiger charge is -2.29. The number of esters is 1. The van der Waals surface area contributed by atoms with Crippen LogP contribution in [-0.4, -0.2) is 30.9 Å². The standard InChI is InChI=1S/C17H18N2O4/c20-15-10-19(14-9-5-4-8-13(14)18-15)16(21)11-23-17(22)12-6-2-1-3-7-12/h1-2,4-5,8-9,12H,3,6-7,10-11H2,(H,18,20)/t12-/m0/s1. The van der Waals surface area contributed by atoms with E-state index in [9.17, 15) is 14.4 Å². The van der Waals surface area contributed by atoms with Gasteiger partial charge in [-0.15, -0.1) is 0 Å². The molecular weight excluding hydrogens is 296 g/mol. The van der Waals surface area contributed by atoms with Gasteiger partial charge in [0.05, 0.1) is 17.3 Å². The van der Waals surface area contributed by atoms with Crippen LogP contribution in [0.1, 0.15) is 19.3 Å². The number of hydrogen-bond acceptors (Lipinski definition) is 4. The third-order valence-corrected chi connectivity index (χ3v) is 4.01. The van der Waals surface area contributed by atoms with E-state index in [1.807, 2.05) is 12.2 Å². The number of ether oxygens (including phenoxy) is 1. The average molecular weight is 314 g/mol. The summed E-state index contributed by atoms with van der Waals surface area (Å²) in [6.07, 6.45) is 6.26. The highest BCUT2D eigenvalue weighted by molar-refractivity contribution is 6.10. The Hall–Kier alpha value is -2.63. The Morgan fingerprint density at radius 2 is 2.09 bits per heavy atom. The molecule has 1 aliphatic carbocycles. The summed E-state index contributed by atoms with van der Waals surface area (Å²) in [4.78, 5) is 37.4. The van der Waals surface area contributed by atoms with Crippen molar-refractivity contribution in [2.45, 2.75) is 19.3 Å². The minimum atomic E-state index is -0.396. The third kappa shape index (κ3) is 3.41. The van der Waals surface area contributed by atoms with Crippen molar-refractivity contribution in [3.05, 3.63) is 36.4 Å². The Labute approximate surface area is 134 Å². The number of amides is 2. The maximum atomic E-state index is 12.3. The summed E-state index contributed by atoms with van der Waals surface area (Å²) in [5, 5.41) is 2.71. The number of rotatable bonds is 3. The van der Waals surface area contributed by atoms with Crippen molar-refractivity contribution < 1.29 is 19.1 Å². The van der Waals surface area contributed by atoms with Crippen LogP contribution >= 0.6 is 0 Å². The molecule has 2 amide bonds. The second-order valence-corrected chi connectivity index (χ2v) is 5.63. The molecule has 0 saturated carbocycles. The van der Waals surface area contributed by atoms with Gasteiger partial charge in [-0.05, 0) is 31.4 Å². The van der Waals surface area contributed by atoms with Gasteiger partial charge in [0.15, 0.2) is 6.61 Å². The van der Waals surface area contributed by atoms with E-state index in [1.54, 1.807) is 24.3 Å². The first kappa shape index (κ1) is 15.3. The van der Waals surface area contributed by atoms with Crippen molar-refractivity contribution in [1.29, 1.82) is 0 Å². The SMILES string of the molecule is O=C1CN(C(=O)COC(=O)[C@H]2CC=CCC2)c2ccccc2N1. The van der Waals surface area contributed by atoms with E-state index in [-0.39, 0.29) is 30.9 Å². The van der Waals surface area contributed by atoms with Gasteiger partial charge < -0.3 is 10.1 Å². The molecule has 3 rings (SSSR count). The largest absolute Gasteiger partial charge is 0.455 e. The molecule has 0 aromatic heterocycles. The van der Waals surface area contributed by atoms with Crippen LogP contribution in [0.15, 0.2) is 36.4 Å². The van der Waals surface area contributed by atoms with Gasteiger partial charge in [0.1, 0.15) is 6.54 Å². The first-order chi connectivity index (χ1) is 11.1.